The van der Waals surface area contributed by atoms with Crippen LogP contribution >= 0.6 is 27.3 Å². The van der Waals surface area contributed by atoms with Crippen LogP contribution < -0.4 is 4.74 Å². The van der Waals surface area contributed by atoms with Gasteiger partial charge in [-0.2, -0.15) is 0 Å². The summed E-state index contributed by atoms with van der Waals surface area (Å²) in [4.78, 5) is 15.1. The van der Waals surface area contributed by atoms with Crippen molar-refractivity contribution in [3.63, 3.8) is 0 Å². The van der Waals surface area contributed by atoms with Gasteiger partial charge in [-0.25, -0.2) is 19.5 Å². The predicted octanol–water partition coefficient (Wildman–Crippen LogP) is 6.11. The second-order valence-corrected chi connectivity index (χ2v) is 9.41. The number of aromatic nitrogens is 5. The van der Waals surface area contributed by atoms with E-state index in [2.05, 4.69) is 44.0 Å². The monoisotopic (exact) mass is 505 g/mol. The van der Waals surface area contributed by atoms with E-state index in [1.165, 1.54) is 0 Å². The third-order valence-electron chi connectivity index (χ3n) is 5.17. The van der Waals surface area contributed by atoms with Crippen molar-refractivity contribution in [2.75, 3.05) is 0 Å². The molecule has 5 aromatic heterocycles. The lowest BCUT2D eigenvalue weighted by Crippen LogP contribution is -1.93. The molecule has 5 heterocycles. The van der Waals surface area contributed by atoms with Gasteiger partial charge in [-0.15, -0.1) is 16.4 Å². The van der Waals surface area contributed by atoms with Crippen molar-refractivity contribution in [1.82, 2.24) is 24.6 Å². The number of ether oxygens (including phenoxy) is 1. The standard InChI is InChI=1S/C23H16BrN5O2S/c1-12-9-13(2)26-23-18(12)19-20(32-23)22-27-21(28-29(22)11-25-19)17-8-7-16(31-17)10-30-15-5-3-14(24)4-6-15/h3-9,11H,10H2,1-2H3. The molecule has 0 aliphatic heterocycles. The van der Waals surface area contributed by atoms with Crippen LogP contribution in [0.3, 0.4) is 0 Å². The molecular weight excluding hydrogens is 490 g/mol. The van der Waals surface area contributed by atoms with Crippen LogP contribution in [0.4, 0.5) is 0 Å². The molecule has 6 rings (SSSR count). The van der Waals surface area contributed by atoms with Crippen molar-refractivity contribution < 1.29 is 9.15 Å². The molecular formula is C23H16BrN5O2S. The first-order chi connectivity index (χ1) is 15.5. The molecule has 1 aromatic carbocycles. The van der Waals surface area contributed by atoms with Gasteiger partial charge in [-0.3, -0.25) is 0 Å². The summed E-state index contributed by atoms with van der Waals surface area (Å²) in [5, 5.41) is 5.65. The normalized spacial score (nSPS) is 11.7. The Bertz CT molecular complexity index is 1620. The molecule has 32 heavy (non-hydrogen) atoms. The second-order valence-electron chi connectivity index (χ2n) is 7.50. The van der Waals surface area contributed by atoms with Crippen molar-refractivity contribution in [3.8, 4) is 17.3 Å². The minimum atomic E-state index is 0.321. The number of thiophene rings is 1. The quantitative estimate of drug-likeness (QED) is 0.287. The van der Waals surface area contributed by atoms with Gasteiger partial charge in [0.15, 0.2) is 11.4 Å². The molecule has 0 fully saturated rings. The Labute approximate surface area is 194 Å². The Morgan fingerprint density at radius 3 is 2.78 bits per heavy atom. The van der Waals surface area contributed by atoms with E-state index >= 15 is 0 Å². The Kier molecular flexibility index (Phi) is 4.48. The molecule has 0 spiro atoms. The van der Waals surface area contributed by atoms with E-state index in [0.717, 1.165) is 47.6 Å². The fourth-order valence-electron chi connectivity index (χ4n) is 3.73. The van der Waals surface area contributed by atoms with E-state index in [9.17, 15) is 0 Å². The van der Waals surface area contributed by atoms with Gasteiger partial charge < -0.3 is 9.15 Å². The highest BCUT2D eigenvalue weighted by atomic mass is 79.9. The molecule has 0 aliphatic rings. The average Bonchev–Trinajstić information content (AvgIpc) is 3.48. The number of hydrogen-bond donors (Lipinski definition) is 0. The molecule has 9 heteroatoms. The Hall–Kier alpha value is -3.30. The molecule has 0 N–H and O–H groups in total. The molecule has 0 amide bonds. The first-order valence-electron chi connectivity index (χ1n) is 9.94. The summed E-state index contributed by atoms with van der Waals surface area (Å²) in [5.41, 5.74) is 3.81. The van der Waals surface area contributed by atoms with Crippen molar-refractivity contribution in [2.45, 2.75) is 20.5 Å². The third kappa shape index (κ3) is 3.25. The van der Waals surface area contributed by atoms with Gasteiger partial charge in [0.05, 0.1) is 5.52 Å². The number of fused-ring (bicyclic) bond motifs is 5. The van der Waals surface area contributed by atoms with E-state index in [-0.39, 0.29) is 0 Å². The van der Waals surface area contributed by atoms with Crippen LogP contribution in [-0.2, 0) is 6.61 Å². The minimum Gasteiger partial charge on any atom is -0.486 e. The fraction of sp³-hybridized carbons (Fsp3) is 0.130. The lowest BCUT2D eigenvalue weighted by Gasteiger charge is -2.03. The number of benzene rings is 1. The van der Waals surface area contributed by atoms with Gasteiger partial charge in [0.1, 0.15) is 34.0 Å². The van der Waals surface area contributed by atoms with Crippen molar-refractivity contribution >= 4 is 53.3 Å². The molecule has 0 aliphatic carbocycles. The zero-order chi connectivity index (χ0) is 21.8. The number of nitrogens with zero attached hydrogens (tertiary/aromatic N) is 5. The Morgan fingerprint density at radius 1 is 1.09 bits per heavy atom. The number of hydrogen-bond acceptors (Lipinski definition) is 7. The number of furan rings is 1. The highest BCUT2D eigenvalue weighted by molar-refractivity contribution is 9.10. The lowest BCUT2D eigenvalue weighted by molar-refractivity contribution is 0.271. The second kappa shape index (κ2) is 7.39. The smallest absolute Gasteiger partial charge is 0.218 e. The summed E-state index contributed by atoms with van der Waals surface area (Å²) in [6.45, 7) is 4.41. The predicted molar refractivity (Wildman–Crippen MR) is 127 cm³/mol. The van der Waals surface area contributed by atoms with Crippen LogP contribution in [0.2, 0.25) is 0 Å². The molecule has 0 saturated carbocycles. The van der Waals surface area contributed by atoms with Gasteiger partial charge >= 0.3 is 0 Å². The molecule has 0 radical (unpaired) electrons. The summed E-state index contributed by atoms with van der Waals surface area (Å²) < 4.78 is 15.4. The summed E-state index contributed by atoms with van der Waals surface area (Å²) in [6.07, 6.45) is 1.69. The van der Waals surface area contributed by atoms with Crippen molar-refractivity contribution in [2.24, 2.45) is 0 Å². The SMILES string of the molecule is Cc1cc(C)c2c(n1)sc1c2ncn2nc(-c3ccc(COc4ccc(Br)cc4)o3)nc12. The Balaban J connectivity index is 1.35. The van der Waals surface area contributed by atoms with Gasteiger partial charge in [-0.05, 0) is 61.9 Å². The molecule has 158 valence electrons. The summed E-state index contributed by atoms with van der Waals surface area (Å²) in [7, 11) is 0. The third-order valence-corrected chi connectivity index (χ3v) is 6.77. The van der Waals surface area contributed by atoms with E-state index < -0.39 is 0 Å². The van der Waals surface area contributed by atoms with Crippen molar-refractivity contribution in [3.05, 3.63) is 70.3 Å². The van der Waals surface area contributed by atoms with Crippen LogP contribution in [0.15, 0.2) is 57.7 Å². The van der Waals surface area contributed by atoms with Crippen LogP contribution in [0.5, 0.6) is 5.75 Å². The molecule has 7 nitrogen and oxygen atoms in total. The highest BCUT2D eigenvalue weighted by Gasteiger charge is 2.18. The first-order valence-corrected chi connectivity index (χ1v) is 11.6. The molecule has 0 saturated heterocycles. The number of halogens is 1. The summed E-state index contributed by atoms with van der Waals surface area (Å²) in [5.74, 6) is 2.56. The number of rotatable bonds is 4. The highest BCUT2D eigenvalue weighted by Crippen LogP contribution is 2.36. The van der Waals surface area contributed by atoms with Crippen molar-refractivity contribution in [1.29, 1.82) is 0 Å². The van der Waals surface area contributed by atoms with Gasteiger partial charge in [0.2, 0.25) is 5.82 Å². The fourth-order valence-corrected chi connectivity index (χ4v) is 5.22. The molecule has 6 aromatic rings. The summed E-state index contributed by atoms with van der Waals surface area (Å²) in [6, 6.07) is 13.5. The van der Waals surface area contributed by atoms with Crippen LogP contribution in [0.1, 0.15) is 17.0 Å². The largest absolute Gasteiger partial charge is 0.486 e. The maximum atomic E-state index is 5.95. The first kappa shape index (κ1) is 19.4. The van der Waals surface area contributed by atoms with Crippen LogP contribution in [0, 0.1) is 13.8 Å². The number of aryl methyl sites for hydroxylation is 2. The molecule has 0 bridgehead atoms. The average molecular weight is 506 g/mol. The molecule has 0 unspecified atom stereocenters. The van der Waals surface area contributed by atoms with E-state index in [1.54, 1.807) is 22.2 Å². The summed E-state index contributed by atoms with van der Waals surface area (Å²) >= 11 is 5.01. The molecule has 0 atom stereocenters. The van der Waals surface area contributed by atoms with E-state index in [0.29, 0.717) is 24.0 Å². The van der Waals surface area contributed by atoms with Crippen LogP contribution in [-0.4, -0.2) is 24.6 Å². The number of pyridine rings is 1. The van der Waals surface area contributed by atoms with Gasteiger partial charge in [-0.1, -0.05) is 15.9 Å². The van der Waals surface area contributed by atoms with Gasteiger partial charge in [0, 0.05) is 15.6 Å². The Morgan fingerprint density at radius 2 is 1.94 bits per heavy atom. The zero-order valence-corrected chi connectivity index (χ0v) is 19.6. The topological polar surface area (TPSA) is 78.3 Å². The van der Waals surface area contributed by atoms with E-state index in [1.807, 2.05) is 43.3 Å². The maximum absolute atomic E-state index is 5.95. The van der Waals surface area contributed by atoms with E-state index in [4.69, 9.17) is 14.1 Å². The lowest BCUT2D eigenvalue weighted by atomic mass is 10.1. The zero-order valence-electron chi connectivity index (χ0n) is 17.2. The van der Waals surface area contributed by atoms with Gasteiger partial charge in [0.25, 0.3) is 0 Å². The van der Waals surface area contributed by atoms with Crippen LogP contribution in [0.25, 0.3) is 37.7 Å². The maximum Gasteiger partial charge on any atom is 0.218 e. The minimum absolute atomic E-state index is 0.321.